The zero-order valence-corrected chi connectivity index (χ0v) is 14.5. The summed E-state index contributed by atoms with van der Waals surface area (Å²) in [6.07, 6.45) is 0. The first-order valence-corrected chi connectivity index (χ1v) is 8.41. The van der Waals surface area contributed by atoms with Crippen LogP contribution in [0.1, 0.15) is 23.0 Å². The number of nitrogens with zero attached hydrogens (tertiary/aromatic N) is 2. The van der Waals surface area contributed by atoms with E-state index in [4.69, 9.17) is 10.5 Å². The highest BCUT2D eigenvalue weighted by molar-refractivity contribution is 5.95. The van der Waals surface area contributed by atoms with Crippen LogP contribution in [-0.2, 0) is 6.54 Å². The van der Waals surface area contributed by atoms with Crippen LogP contribution in [0.2, 0.25) is 0 Å². The van der Waals surface area contributed by atoms with Gasteiger partial charge >= 0.3 is 0 Å². The molecule has 0 aliphatic heterocycles. The Hall–Kier alpha value is -3.13. The number of carbonyl (C=O) groups is 1. The highest BCUT2D eigenvalue weighted by atomic mass is 16.6. The second kappa shape index (κ2) is 8.30. The average Bonchev–Trinajstić information content (AvgIpc) is 3.08. The SMILES string of the molecule is CCOc1ccc2ccccc2c1CNCCNC(=O)c1nonc1N. The third-order valence-corrected chi connectivity index (χ3v) is 3.92. The Morgan fingerprint density at radius 1 is 1.19 bits per heavy atom. The van der Waals surface area contributed by atoms with E-state index in [1.54, 1.807) is 0 Å². The van der Waals surface area contributed by atoms with Crippen LogP contribution in [0.4, 0.5) is 5.82 Å². The number of hydrogen-bond acceptors (Lipinski definition) is 7. The lowest BCUT2D eigenvalue weighted by molar-refractivity contribution is 0.0944. The quantitative estimate of drug-likeness (QED) is 0.527. The fourth-order valence-corrected chi connectivity index (χ4v) is 2.70. The van der Waals surface area contributed by atoms with E-state index in [0.29, 0.717) is 26.2 Å². The highest BCUT2D eigenvalue weighted by Crippen LogP contribution is 2.28. The molecule has 8 heteroatoms. The first-order chi connectivity index (χ1) is 12.7. The third-order valence-electron chi connectivity index (χ3n) is 3.92. The summed E-state index contributed by atoms with van der Waals surface area (Å²) in [4.78, 5) is 11.9. The van der Waals surface area contributed by atoms with E-state index in [1.807, 2.05) is 25.1 Å². The molecule has 1 heterocycles. The van der Waals surface area contributed by atoms with Crippen LogP contribution in [-0.4, -0.2) is 35.9 Å². The van der Waals surface area contributed by atoms with Gasteiger partial charge in [-0.3, -0.25) is 4.79 Å². The van der Waals surface area contributed by atoms with E-state index in [1.165, 1.54) is 0 Å². The van der Waals surface area contributed by atoms with E-state index >= 15 is 0 Å². The summed E-state index contributed by atoms with van der Waals surface area (Å²) in [5.41, 5.74) is 6.58. The second-order valence-electron chi connectivity index (χ2n) is 5.63. The first-order valence-electron chi connectivity index (χ1n) is 8.41. The number of nitrogens with one attached hydrogen (secondary N) is 2. The van der Waals surface area contributed by atoms with Gasteiger partial charge in [0.25, 0.3) is 5.91 Å². The lowest BCUT2D eigenvalue weighted by Gasteiger charge is -2.14. The molecule has 0 saturated heterocycles. The number of rotatable bonds is 8. The Morgan fingerprint density at radius 3 is 2.81 bits per heavy atom. The number of amides is 1. The van der Waals surface area contributed by atoms with Gasteiger partial charge in [-0.15, -0.1) is 0 Å². The number of nitrogens with two attached hydrogens (primary N) is 1. The normalized spacial score (nSPS) is 10.8. The summed E-state index contributed by atoms with van der Waals surface area (Å²) in [5.74, 6) is 0.433. The number of hydrogen-bond donors (Lipinski definition) is 3. The molecule has 3 aromatic rings. The molecule has 3 rings (SSSR count). The molecule has 1 aromatic heterocycles. The zero-order chi connectivity index (χ0) is 18.4. The summed E-state index contributed by atoms with van der Waals surface area (Å²) in [6.45, 7) is 4.19. The second-order valence-corrected chi connectivity index (χ2v) is 5.63. The maximum Gasteiger partial charge on any atom is 0.277 e. The largest absolute Gasteiger partial charge is 0.494 e. The first kappa shape index (κ1) is 17.7. The van der Waals surface area contributed by atoms with Crippen LogP contribution in [0.3, 0.4) is 0 Å². The summed E-state index contributed by atoms with van der Waals surface area (Å²) in [7, 11) is 0. The van der Waals surface area contributed by atoms with Crippen LogP contribution in [0, 0.1) is 0 Å². The van der Waals surface area contributed by atoms with Gasteiger partial charge in [-0.2, -0.15) is 0 Å². The fourth-order valence-electron chi connectivity index (χ4n) is 2.70. The topological polar surface area (TPSA) is 115 Å². The number of carbonyl (C=O) groups excluding carboxylic acids is 1. The molecule has 0 aliphatic rings. The smallest absolute Gasteiger partial charge is 0.277 e. The lowest BCUT2D eigenvalue weighted by Crippen LogP contribution is -2.32. The number of fused-ring (bicyclic) bond motifs is 1. The van der Waals surface area contributed by atoms with Gasteiger partial charge in [0.1, 0.15) is 5.75 Å². The van der Waals surface area contributed by atoms with E-state index in [9.17, 15) is 4.79 Å². The Bertz CT molecular complexity index is 893. The van der Waals surface area contributed by atoms with Crippen molar-refractivity contribution in [1.29, 1.82) is 0 Å². The molecule has 0 bridgehead atoms. The molecule has 0 fully saturated rings. The molecular weight excluding hydrogens is 334 g/mol. The third kappa shape index (κ3) is 3.92. The Balaban J connectivity index is 1.58. The Labute approximate surface area is 150 Å². The van der Waals surface area contributed by atoms with Gasteiger partial charge in [0, 0.05) is 25.2 Å². The molecule has 0 saturated carbocycles. The number of benzene rings is 2. The van der Waals surface area contributed by atoms with E-state index in [-0.39, 0.29) is 11.5 Å². The van der Waals surface area contributed by atoms with Gasteiger partial charge < -0.3 is 21.1 Å². The minimum Gasteiger partial charge on any atom is -0.494 e. The van der Waals surface area contributed by atoms with Crippen molar-refractivity contribution < 1.29 is 14.2 Å². The molecule has 26 heavy (non-hydrogen) atoms. The van der Waals surface area contributed by atoms with E-state index in [0.717, 1.165) is 22.1 Å². The number of anilines is 1. The molecule has 0 unspecified atom stereocenters. The van der Waals surface area contributed by atoms with Crippen LogP contribution in [0.15, 0.2) is 41.0 Å². The van der Waals surface area contributed by atoms with E-state index < -0.39 is 5.91 Å². The van der Waals surface area contributed by atoms with Crippen LogP contribution in [0.25, 0.3) is 10.8 Å². The predicted molar refractivity (Wildman–Crippen MR) is 97.9 cm³/mol. The molecule has 2 aromatic carbocycles. The van der Waals surface area contributed by atoms with Gasteiger partial charge in [0.15, 0.2) is 0 Å². The molecule has 0 spiro atoms. The fraction of sp³-hybridized carbons (Fsp3) is 0.278. The minimum atomic E-state index is -0.411. The Morgan fingerprint density at radius 2 is 2.04 bits per heavy atom. The van der Waals surface area contributed by atoms with Gasteiger partial charge in [-0.25, -0.2) is 4.63 Å². The maximum absolute atomic E-state index is 11.9. The van der Waals surface area contributed by atoms with Crippen molar-refractivity contribution in [2.45, 2.75) is 13.5 Å². The van der Waals surface area contributed by atoms with Crippen LogP contribution in [0.5, 0.6) is 5.75 Å². The lowest BCUT2D eigenvalue weighted by atomic mass is 10.0. The predicted octanol–water partition coefficient (Wildman–Crippen LogP) is 1.72. The van der Waals surface area contributed by atoms with Gasteiger partial charge in [0.05, 0.1) is 6.61 Å². The van der Waals surface area contributed by atoms with Crippen molar-refractivity contribution >= 4 is 22.5 Å². The number of aromatic nitrogens is 2. The molecule has 0 radical (unpaired) electrons. The molecule has 136 valence electrons. The number of ether oxygens (including phenoxy) is 1. The molecule has 0 aliphatic carbocycles. The van der Waals surface area contributed by atoms with Crippen molar-refractivity contribution in [3.63, 3.8) is 0 Å². The average molecular weight is 355 g/mol. The number of nitrogen functional groups attached to an aromatic ring is 1. The zero-order valence-electron chi connectivity index (χ0n) is 14.5. The van der Waals surface area contributed by atoms with Gasteiger partial charge in [-0.1, -0.05) is 30.3 Å². The van der Waals surface area contributed by atoms with Crippen molar-refractivity contribution in [3.05, 3.63) is 47.7 Å². The standard InChI is InChI=1S/C18H21N5O3/c1-2-25-15-8-7-12-5-3-4-6-13(12)14(15)11-20-9-10-21-18(24)16-17(19)23-26-22-16/h3-8,20H,2,9-11H2,1H3,(H2,19,23)(H,21,24). The molecule has 4 N–H and O–H groups in total. The summed E-state index contributed by atoms with van der Waals surface area (Å²) in [6, 6.07) is 12.2. The molecule has 1 amide bonds. The molecule has 8 nitrogen and oxygen atoms in total. The van der Waals surface area contributed by atoms with Crippen molar-refractivity contribution in [2.75, 3.05) is 25.4 Å². The monoisotopic (exact) mass is 355 g/mol. The highest BCUT2D eigenvalue weighted by Gasteiger charge is 2.15. The van der Waals surface area contributed by atoms with Crippen LogP contribution < -0.4 is 21.1 Å². The summed E-state index contributed by atoms with van der Waals surface area (Å²) >= 11 is 0. The van der Waals surface area contributed by atoms with E-state index in [2.05, 4.69) is 43.8 Å². The van der Waals surface area contributed by atoms with Crippen molar-refractivity contribution in [3.8, 4) is 5.75 Å². The van der Waals surface area contributed by atoms with Gasteiger partial charge in [-0.05, 0) is 34.1 Å². The van der Waals surface area contributed by atoms with Crippen LogP contribution >= 0.6 is 0 Å². The summed E-state index contributed by atoms with van der Waals surface area (Å²) < 4.78 is 10.2. The molecular formula is C18H21N5O3. The molecule has 0 atom stereocenters. The minimum absolute atomic E-state index is 0.00214. The van der Waals surface area contributed by atoms with Crippen molar-refractivity contribution in [2.24, 2.45) is 0 Å². The van der Waals surface area contributed by atoms with Gasteiger partial charge in [0.2, 0.25) is 11.5 Å². The van der Waals surface area contributed by atoms with Crippen molar-refractivity contribution in [1.82, 2.24) is 20.9 Å². The Kier molecular flexibility index (Phi) is 5.65. The summed E-state index contributed by atoms with van der Waals surface area (Å²) in [5, 5.41) is 15.2. The maximum atomic E-state index is 11.9.